The van der Waals surface area contributed by atoms with Crippen LogP contribution in [0.3, 0.4) is 0 Å². The van der Waals surface area contributed by atoms with Crippen LogP contribution in [0.1, 0.15) is 24.8 Å². The average Bonchev–Trinajstić information content (AvgIpc) is 2.69. The van der Waals surface area contributed by atoms with Gasteiger partial charge in [0.2, 0.25) is 15.9 Å². The van der Waals surface area contributed by atoms with E-state index in [2.05, 4.69) is 11.9 Å². The number of likely N-dealkylation sites (N-methyl/N-ethyl adjacent to an activating group) is 1. The molecule has 1 unspecified atom stereocenters. The topological polar surface area (TPSA) is 60.9 Å². The molecule has 0 aliphatic carbocycles. The first-order valence-corrected chi connectivity index (χ1v) is 11.6. The third-order valence-electron chi connectivity index (χ3n) is 5.65. The molecule has 0 saturated carbocycles. The largest absolute Gasteiger partial charge is 0.340 e. The van der Waals surface area contributed by atoms with E-state index < -0.39 is 10.0 Å². The van der Waals surface area contributed by atoms with Crippen LogP contribution < -0.4 is 0 Å². The van der Waals surface area contributed by atoms with Crippen LogP contribution in [-0.4, -0.2) is 80.5 Å². The fourth-order valence-corrected chi connectivity index (χ4v) is 5.50. The van der Waals surface area contributed by atoms with E-state index in [0.717, 1.165) is 51.0 Å². The minimum Gasteiger partial charge on any atom is -0.340 e. The molecule has 27 heavy (non-hydrogen) atoms. The monoisotopic (exact) mass is 393 g/mol. The van der Waals surface area contributed by atoms with Gasteiger partial charge in [-0.3, -0.25) is 4.79 Å². The lowest BCUT2D eigenvalue weighted by molar-refractivity contribution is -0.138. The van der Waals surface area contributed by atoms with Gasteiger partial charge >= 0.3 is 0 Å². The van der Waals surface area contributed by atoms with Crippen molar-refractivity contribution in [3.05, 3.63) is 35.9 Å². The molecule has 6 nitrogen and oxygen atoms in total. The second kappa shape index (κ2) is 9.17. The fourth-order valence-electron chi connectivity index (χ4n) is 3.91. The Labute approximate surface area is 163 Å². The number of sulfonamides is 1. The van der Waals surface area contributed by atoms with E-state index >= 15 is 0 Å². The number of nitrogens with zero attached hydrogens (tertiary/aromatic N) is 3. The van der Waals surface area contributed by atoms with Gasteiger partial charge < -0.3 is 9.80 Å². The number of hydrogen-bond acceptors (Lipinski definition) is 4. The number of piperazine rings is 1. The number of aryl methyl sites for hydroxylation is 1. The zero-order valence-corrected chi connectivity index (χ0v) is 17.0. The SMILES string of the molecule is CN1CCN(C(=O)C2CCCN(S(=O)(=O)CCCc3ccccc3)C2)CC1. The fraction of sp³-hybridized carbons (Fsp3) is 0.650. The summed E-state index contributed by atoms with van der Waals surface area (Å²) >= 11 is 0. The highest BCUT2D eigenvalue weighted by Gasteiger charge is 2.34. The van der Waals surface area contributed by atoms with Gasteiger partial charge in [-0.05, 0) is 38.3 Å². The third kappa shape index (κ3) is 5.53. The summed E-state index contributed by atoms with van der Waals surface area (Å²) in [6.45, 7) is 4.16. The Hall–Kier alpha value is -1.44. The van der Waals surface area contributed by atoms with Gasteiger partial charge in [-0.2, -0.15) is 0 Å². The number of piperidine rings is 1. The van der Waals surface area contributed by atoms with Crippen LogP contribution in [0.25, 0.3) is 0 Å². The highest BCUT2D eigenvalue weighted by atomic mass is 32.2. The summed E-state index contributed by atoms with van der Waals surface area (Å²) in [6, 6.07) is 9.97. The molecule has 0 radical (unpaired) electrons. The standard InChI is InChI=1S/C20H31N3O3S/c1-21-12-14-22(15-13-21)20(24)19-10-5-11-23(17-19)27(25,26)16-6-9-18-7-3-2-4-8-18/h2-4,7-8,19H,5-6,9-17H2,1H3. The van der Waals surface area contributed by atoms with Gasteiger partial charge in [0.05, 0.1) is 11.7 Å². The summed E-state index contributed by atoms with van der Waals surface area (Å²) in [6.07, 6.45) is 2.93. The highest BCUT2D eigenvalue weighted by Crippen LogP contribution is 2.22. The highest BCUT2D eigenvalue weighted by molar-refractivity contribution is 7.89. The van der Waals surface area contributed by atoms with Crippen molar-refractivity contribution >= 4 is 15.9 Å². The van der Waals surface area contributed by atoms with Gasteiger partial charge in [-0.25, -0.2) is 12.7 Å². The van der Waals surface area contributed by atoms with Crippen molar-refractivity contribution in [1.29, 1.82) is 0 Å². The zero-order chi connectivity index (χ0) is 19.3. The number of hydrogen-bond donors (Lipinski definition) is 0. The molecule has 2 aliphatic rings. The summed E-state index contributed by atoms with van der Waals surface area (Å²) in [4.78, 5) is 16.9. The first-order valence-electron chi connectivity index (χ1n) is 9.95. The first-order chi connectivity index (χ1) is 13.0. The molecule has 150 valence electrons. The molecule has 0 N–H and O–H groups in total. The molecular formula is C20H31N3O3S. The van der Waals surface area contributed by atoms with E-state index in [-0.39, 0.29) is 17.6 Å². The van der Waals surface area contributed by atoms with Crippen molar-refractivity contribution in [3.63, 3.8) is 0 Å². The Bertz CT molecular complexity index is 715. The lowest BCUT2D eigenvalue weighted by Gasteiger charge is -2.37. The van der Waals surface area contributed by atoms with Gasteiger partial charge in [0.1, 0.15) is 0 Å². The van der Waals surface area contributed by atoms with Crippen LogP contribution in [0.4, 0.5) is 0 Å². The first kappa shape index (κ1) is 20.3. The Balaban J connectivity index is 1.52. The molecule has 2 aliphatic heterocycles. The molecule has 1 amide bonds. The maximum absolute atomic E-state index is 12.8. The quantitative estimate of drug-likeness (QED) is 0.734. The molecule has 1 aromatic carbocycles. The zero-order valence-electron chi connectivity index (χ0n) is 16.2. The van der Waals surface area contributed by atoms with Gasteiger partial charge in [-0.15, -0.1) is 0 Å². The summed E-state index contributed by atoms with van der Waals surface area (Å²) in [5.74, 6) is 0.0930. The van der Waals surface area contributed by atoms with Crippen molar-refractivity contribution in [2.45, 2.75) is 25.7 Å². The van der Waals surface area contributed by atoms with Crippen molar-refractivity contribution in [2.75, 3.05) is 52.1 Å². The van der Waals surface area contributed by atoms with Gasteiger partial charge in [0, 0.05) is 39.3 Å². The Morgan fingerprint density at radius 3 is 2.48 bits per heavy atom. The Morgan fingerprint density at radius 1 is 1.07 bits per heavy atom. The molecule has 0 spiro atoms. The second-order valence-electron chi connectivity index (χ2n) is 7.73. The molecule has 3 rings (SSSR count). The summed E-state index contributed by atoms with van der Waals surface area (Å²) in [7, 11) is -1.24. The lowest BCUT2D eigenvalue weighted by atomic mass is 9.98. The molecule has 2 fully saturated rings. The van der Waals surface area contributed by atoms with E-state index in [1.54, 1.807) is 4.31 Å². The predicted molar refractivity (Wildman–Crippen MR) is 107 cm³/mol. The Morgan fingerprint density at radius 2 is 1.78 bits per heavy atom. The van der Waals surface area contributed by atoms with Gasteiger partial charge in [-0.1, -0.05) is 30.3 Å². The van der Waals surface area contributed by atoms with E-state index in [9.17, 15) is 13.2 Å². The predicted octanol–water partition coefficient (Wildman–Crippen LogP) is 1.44. The van der Waals surface area contributed by atoms with Gasteiger partial charge in [0.15, 0.2) is 0 Å². The molecule has 1 aromatic rings. The molecule has 0 aromatic heterocycles. The molecule has 0 bridgehead atoms. The lowest BCUT2D eigenvalue weighted by Crippen LogP contribution is -2.52. The van der Waals surface area contributed by atoms with E-state index in [1.165, 1.54) is 0 Å². The molecular weight excluding hydrogens is 362 g/mol. The third-order valence-corrected chi connectivity index (χ3v) is 7.58. The van der Waals surface area contributed by atoms with Crippen LogP contribution in [0.5, 0.6) is 0 Å². The van der Waals surface area contributed by atoms with Crippen LogP contribution in [0.2, 0.25) is 0 Å². The van der Waals surface area contributed by atoms with E-state index in [0.29, 0.717) is 19.5 Å². The number of rotatable bonds is 6. The molecule has 7 heteroatoms. The van der Waals surface area contributed by atoms with E-state index in [4.69, 9.17) is 0 Å². The van der Waals surface area contributed by atoms with Crippen molar-refractivity contribution in [1.82, 2.24) is 14.1 Å². The van der Waals surface area contributed by atoms with Gasteiger partial charge in [0.25, 0.3) is 0 Å². The number of amides is 1. The second-order valence-corrected chi connectivity index (χ2v) is 9.82. The minimum absolute atomic E-state index is 0.132. The maximum atomic E-state index is 12.8. The number of carbonyl (C=O) groups is 1. The van der Waals surface area contributed by atoms with Crippen LogP contribution in [0, 0.1) is 5.92 Å². The number of benzene rings is 1. The number of carbonyl (C=O) groups excluding carboxylic acids is 1. The Kier molecular flexibility index (Phi) is 6.89. The smallest absolute Gasteiger partial charge is 0.227 e. The molecule has 2 heterocycles. The van der Waals surface area contributed by atoms with Crippen molar-refractivity contribution < 1.29 is 13.2 Å². The van der Waals surface area contributed by atoms with E-state index in [1.807, 2.05) is 35.2 Å². The normalized spacial score (nSPS) is 22.7. The van der Waals surface area contributed by atoms with Crippen molar-refractivity contribution in [3.8, 4) is 0 Å². The van der Waals surface area contributed by atoms with Crippen molar-refractivity contribution in [2.24, 2.45) is 5.92 Å². The molecule has 2 saturated heterocycles. The van der Waals surface area contributed by atoms with Crippen LogP contribution in [-0.2, 0) is 21.2 Å². The summed E-state index contributed by atoms with van der Waals surface area (Å²) in [5, 5.41) is 0. The van der Waals surface area contributed by atoms with Crippen LogP contribution in [0.15, 0.2) is 30.3 Å². The molecule has 1 atom stereocenters. The minimum atomic E-state index is -3.31. The summed E-state index contributed by atoms with van der Waals surface area (Å²) < 4.78 is 27.1. The average molecular weight is 394 g/mol. The maximum Gasteiger partial charge on any atom is 0.227 e. The van der Waals surface area contributed by atoms with Crippen LogP contribution >= 0.6 is 0 Å². The summed E-state index contributed by atoms with van der Waals surface area (Å²) in [5.41, 5.74) is 1.16.